The van der Waals surface area contributed by atoms with Gasteiger partial charge in [0.25, 0.3) is 0 Å². The number of ether oxygens (including phenoxy) is 1. The molecule has 1 saturated heterocycles. The highest BCUT2D eigenvalue weighted by Gasteiger charge is 2.21. The molecule has 3 rings (SSSR count). The maximum Gasteiger partial charge on any atom is 0.0987 e. The average molecular weight is 246 g/mol. The molecule has 0 amide bonds. The number of nitrogens with two attached hydrogens (primary N) is 1. The molecular formula is C13H14N2OS. The van der Waals surface area contributed by atoms with Crippen LogP contribution in [0.3, 0.4) is 0 Å². The second-order valence-corrected chi connectivity index (χ2v) is 5.11. The first-order chi connectivity index (χ1) is 8.34. The van der Waals surface area contributed by atoms with Gasteiger partial charge in [0, 0.05) is 29.2 Å². The number of benzene rings is 1. The number of anilines is 1. The SMILES string of the molecule is Nc1ccccc1-c1csc(C2CCOC2)n1. The highest BCUT2D eigenvalue weighted by Crippen LogP contribution is 2.32. The summed E-state index contributed by atoms with van der Waals surface area (Å²) in [6.45, 7) is 1.66. The van der Waals surface area contributed by atoms with Gasteiger partial charge in [-0.3, -0.25) is 0 Å². The van der Waals surface area contributed by atoms with E-state index in [-0.39, 0.29) is 0 Å². The zero-order valence-corrected chi connectivity index (χ0v) is 10.2. The van der Waals surface area contributed by atoms with E-state index in [0.29, 0.717) is 5.92 Å². The van der Waals surface area contributed by atoms with Crippen LogP contribution in [-0.2, 0) is 4.74 Å². The van der Waals surface area contributed by atoms with E-state index in [4.69, 9.17) is 10.5 Å². The van der Waals surface area contributed by atoms with Gasteiger partial charge in [-0.2, -0.15) is 0 Å². The molecule has 17 heavy (non-hydrogen) atoms. The molecule has 0 saturated carbocycles. The van der Waals surface area contributed by atoms with E-state index in [1.807, 2.05) is 24.3 Å². The number of rotatable bonds is 2. The van der Waals surface area contributed by atoms with Crippen molar-refractivity contribution in [2.24, 2.45) is 0 Å². The Morgan fingerprint density at radius 1 is 1.35 bits per heavy atom. The molecular weight excluding hydrogens is 232 g/mol. The van der Waals surface area contributed by atoms with Crippen molar-refractivity contribution in [2.75, 3.05) is 18.9 Å². The predicted octanol–water partition coefficient (Wildman–Crippen LogP) is 2.90. The molecule has 88 valence electrons. The van der Waals surface area contributed by atoms with Gasteiger partial charge in [0.15, 0.2) is 0 Å². The summed E-state index contributed by atoms with van der Waals surface area (Å²) in [5, 5.41) is 3.25. The van der Waals surface area contributed by atoms with Crippen LogP contribution in [0, 0.1) is 0 Å². The largest absolute Gasteiger partial charge is 0.398 e. The molecule has 1 atom stereocenters. The molecule has 1 unspecified atom stereocenters. The molecule has 1 aromatic heterocycles. The molecule has 0 radical (unpaired) electrons. The molecule has 0 bridgehead atoms. The van der Waals surface area contributed by atoms with Gasteiger partial charge in [0.1, 0.15) is 0 Å². The molecule has 1 aliphatic rings. The zero-order chi connectivity index (χ0) is 11.7. The van der Waals surface area contributed by atoms with E-state index in [1.165, 1.54) is 5.01 Å². The highest BCUT2D eigenvalue weighted by atomic mass is 32.1. The van der Waals surface area contributed by atoms with Crippen LogP contribution < -0.4 is 5.73 Å². The summed E-state index contributed by atoms with van der Waals surface area (Å²) in [4.78, 5) is 4.68. The number of nitrogens with zero attached hydrogens (tertiary/aromatic N) is 1. The van der Waals surface area contributed by atoms with Gasteiger partial charge in [-0.25, -0.2) is 4.98 Å². The minimum absolute atomic E-state index is 0.471. The molecule has 2 N–H and O–H groups in total. The lowest BCUT2D eigenvalue weighted by Gasteiger charge is -2.03. The van der Waals surface area contributed by atoms with Crippen molar-refractivity contribution in [1.29, 1.82) is 0 Å². The quantitative estimate of drug-likeness (QED) is 0.829. The van der Waals surface area contributed by atoms with Crippen LogP contribution in [-0.4, -0.2) is 18.2 Å². The smallest absolute Gasteiger partial charge is 0.0987 e. The number of nitrogen functional groups attached to an aromatic ring is 1. The number of para-hydroxylation sites is 1. The number of hydrogen-bond acceptors (Lipinski definition) is 4. The third kappa shape index (κ3) is 2.06. The third-order valence-corrected chi connectivity index (χ3v) is 4.04. The Labute approximate surface area is 104 Å². The topological polar surface area (TPSA) is 48.1 Å². The number of thiazole rings is 1. The molecule has 3 nitrogen and oxygen atoms in total. The first-order valence-electron chi connectivity index (χ1n) is 5.72. The second kappa shape index (κ2) is 4.47. The first-order valence-corrected chi connectivity index (χ1v) is 6.60. The van der Waals surface area contributed by atoms with Crippen molar-refractivity contribution in [3.63, 3.8) is 0 Å². The summed E-state index contributed by atoms with van der Waals surface area (Å²) < 4.78 is 5.39. The van der Waals surface area contributed by atoms with E-state index in [2.05, 4.69) is 10.4 Å². The number of hydrogen-bond donors (Lipinski definition) is 1. The van der Waals surface area contributed by atoms with Crippen molar-refractivity contribution in [2.45, 2.75) is 12.3 Å². The molecule has 1 fully saturated rings. The van der Waals surface area contributed by atoms with Crippen LogP contribution in [0.5, 0.6) is 0 Å². The summed E-state index contributed by atoms with van der Waals surface area (Å²) >= 11 is 1.70. The predicted molar refractivity (Wildman–Crippen MR) is 70.1 cm³/mol. The van der Waals surface area contributed by atoms with Crippen LogP contribution in [0.4, 0.5) is 5.69 Å². The summed E-state index contributed by atoms with van der Waals surface area (Å²) in [6.07, 6.45) is 1.08. The van der Waals surface area contributed by atoms with Gasteiger partial charge < -0.3 is 10.5 Å². The van der Waals surface area contributed by atoms with Gasteiger partial charge >= 0.3 is 0 Å². The third-order valence-electron chi connectivity index (χ3n) is 3.04. The number of aromatic nitrogens is 1. The molecule has 1 aromatic carbocycles. The summed E-state index contributed by atoms with van der Waals surface area (Å²) in [6, 6.07) is 7.85. The monoisotopic (exact) mass is 246 g/mol. The Kier molecular flexibility index (Phi) is 2.82. The summed E-state index contributed by atoms with van der Waals surface area (Å²) in [5.74, 6) is 0.471. The lowest BCUT2D eigenvalue weighted by molar-refractivity contribution is 0.194. The Morgan fingerprint density at radius 2 is 2.24 bits per heavy atom. The minimum Gasteiger partial charge on any atom is -0.398 e. The van der Waals surface area contributed by atoms with E-state index in [0.717, 1.165) is 36.6 Å². The fourth-order valence-corrected chi connectivity index (χ4v) is 3.00. The lowest BCUT2D eigenvalue weighted by atomic mass is 10.1. The molecule has 4 heteroatoms. The highest BCUT2D eigenvalue weighted by molar-refractivity contribution is 7.10. The molecule has 0 aliphatic carbocycles. The minimum atomic E-state index is 0.471. The van der Waals surface area contributed by atoms with Crippen molar-refractivity contribution >= 4 is 17.0 Å². The molecule has 2 aromatic rings. The van der Waals surface area contributed by atoms with E-state index < -0.39 is 0 Å². The second-order valence-electron chi connectivity index (χ2n) is 4.22. The molecule has 1 aliphatic heterocycles. The van der Waals surface area contributed by atoms with Gasteiger partial charge in [-0.1, -0.05) is 18.2 Å². The zero-order valence-electron chi connectivity index (χ0n) is 9.43. The van der Waals surface area contributed by atoms with Crippen molar-refractivity contribution in [1.82, 2.24) is 4.98 Å². The van der Waals surface area contributed by atoms with Crippen LogP contribution in [0.25, 0.3) is 11.3 Å². The van der Waals surface area contributed by atoms with Gasteiger partial charge in [-0.15, -0.1) is 11.3 Å². The lowest BCUT2D eigenvalue weighted by Crippen LogP contribution is -1.96. The fourth-order valence-electron chi connectivity index (χ4n) is 2.06. The summed E-state index contributed by atoms with van der Waals surface area (Å²) in [7, 11) is 0. The Bertz CT molecular complexity index is 518. The maximum absolute atomic E-state index is 5.96. The standard InChI is InChI=1S/C13H14N2OS/c14-11-4-2-1-3-10(11)12-8-17-13(15-12)9-5-6-16-7-9/h1-4,8-9H,5-7,14H2. The summed E-state index contributed by atoms with van der Waals surface area (Å²) in [5.41, 5.74) is 8.74. The van der Waals surface area contributed by atoms with Crippen molar-refractivity contribution in [3.8, 4) is 11.3 Å². The fraction of sp³-hybridized carbons (Fsp3) is 0.308. The van der Waals surface area contributed by atoms with Crippen LogP contribution >= 0.6 is 11.3 Å². The Hall–Kier alpha value is -1.39. The van der Waals surface area contributed by atoms with E-state index >= 15 is 0 Å². The maximum atomic E-state index is 5.96. The normalized spacial score (nSPS) is 19.6. The van der Waals surface area contributed by atoms with Crippen LogP contribution in [0.1, 0.15) is 17.3 Å². The average Bonchev–Trinajstić information content (AvgIpc) is 3.00. The molecule has 0 spiro atoms. The van der Waals surface area contributed by atoms with Crippen LogP contribution in [0.2, 0.25) is 0 Å². The Balaban J connectivity index is 1.92. The van der Waals surface area contributed by atoms with E-state index in [9.17, 15) is 0 Å². The molecule has 2 heterocycles. The van der Waals surface area contributed by atoms with Crippen molar-refractivity contribution < 1.29 is 4.74 Å². The van der Waals surface area contributed by atoms with Gasteiger partial charge in [-0.05, 0) is 12.5 Å². The Morgan fingerprint density at radius 3 is 3.00 bits per heavy atom. The van der Waals surface area contributed by atoms with E-state index in [1.54, 1.807) is 11.3 Å². The van der Waals surface area contributed by atoms with Gasteiger partial charge in [0.2, 0.25) is 0 Å². The first kappa shape index (κ1) is 10.7. The van der Waals surface area contributed by atoms with Gasteiger partial charge in [0.05, 0.1) is 17.3 Å². The van der Waals surface area contributed by atoms with Crippen molar-refractivity contribution in [3.05, 3.63) is 34.7 Å². The van der Waals surface area contributed by atoms with Crippen LogP contribution in [0.15, 0.2) is 29.6 Å².